The van der Waals surface area contributed by atoms with E-state index < -0.39 is 0 Å². The topological polar surface area (TPSA) is 83.8 Å². The molecule has 0 aromatic carbocycles. The number of amides is 1. The van der Waals surface area contributed by atoms with Crippen molar-refractivity contribution in [3.63, 3.8) is 0 Å². The Balaban J connectivity index is 1.80. The largest absolute Gasteiger partial charge is 0.462 e. The highest BCUT2D eigenvalue weighted by Gasteiger charge is 2.15. The van der Waals surface area contributed by atoms with E-state index in [1.165, 1.54) is 11.3 Å². The summed E-state index contributed by atoms with van der Waals surface area (Å²) >= 11 is 1.36. The van der Waals surface area contributed by atoms with Gasteiger partial charge in [-0.1, -0.05) is 0 Å². The number of thiazole rings is 1. The third-order valence-electron chi connectivity index (χ3n) is 2.95. The molecule has 20 heavy (non-hydrogen) atoms. The number of anilines is 1. The van der Waals surface area contributed by atoms with Crippen LogP contribution < -0.4 is 5.32 Å². The number of nitrogens with one attached hydrogen (secondary N) is 2. The number of aromatic amines is 1. The number of aryl methyl sites for hydroxylation is 1. The Morgan fingerprint density at radius 1 is 1.45 bits per heavy atom. The van der Waals surface area contributed by atoms with Gasteiger partial charge < -0.3 is 9.73 Å². The summed E-state index contributed by atoms with van der Waals surface area (Å²) in [6.07, 6.45) is 1.58. The Hall–Kier alpha value is -2.41. The molecule has 0 radical (unpaired) electrons. The number of carbonyl (C=O) groups excluding carboxylic acids is 1. The lowest BCUT2D eigenvalue weighted by Gasteiger charge is -1.99. The summed E-state index contributed by atoms with van der Waals surface area (Å²) in [6.45, 7) is 3.79. The smallest absolute Gasteiger partial charge is 0.276 e. The lowest BCUT2D eigenvalue weighted by molar-refractivity contribution is 0.102. The highest BCUT2D eigenvalue weighted by molar-refractivity contribution is 7.13. The molecule has 0 atom stereocenters. The number of hydrogen-bond acceptors (Lipinski definition) is 5. The van der Waals surface area contributed by atoms with E-state index in [1.807, 2.05) is 19.9 Å². The van der Waals surface area contributed by atoms with Crippen LogP contribution in [0.3, 0.4) is 0 Å². The molecule has 6 nitrogen and oxygen atoms in total. The molecule has 0 spiro atoms. The van der Waals surface area contributed by atoms with Crippen molar-refractivity contribution in [3.8, 4) is 10.8 Å². The van der Waals surface area contributed by atoms with Crippen molar-refractivity contribution in [1.29, 1.82) is 0 Å². The van der Waals surface area contributed by atoms with Crippen LogP contribution in [0.5, 0.6) is 0 Å². The van der Waals surface area contributed by atoms with Crippen molar-refractivity contribution in [2.24, 2.45) is 0 Å². The molecule has 102 valence electrons. The van der Waals surface area contributed by atoms with E-state index in [0.29, 0.717) is 22.3 Å². The van der Waals surface area contributed by atoms with Gasteiger partial charge in [0.05, 0.1) is 6.26 Å². The van der Waals surface area contributed by atoms with Gasteiger partial charge in [-0.3, -0.25) is 9.89 Å². The molecule has 3 rings (SSSR count). The van der Waals surface area contributed by atoms with Crippen LogP contribution in [0.2, 0.25) is 0 Å². The van der Waals surface area contributed by atoms with Crippen molar-refractivity contribution in [1.82, 2.24) is 15.2 Å². The Morgan fingerprint density at radius 3 is 2.95 bits per heavy atom. The molecule has 0 aliphatic carbocycles. The van der Waals surface area contributed by atoms with Gasteiger partial charge in [-0.2, -0.15) is 5.10 Å². The number of furan rings is 1. The van der Waals surface area contributed by atoms with Crippen molar-refractivity contribution in [3.05, 3.63) is 40.7 Å². The minimum Gasteiger partial charge on any atom is -0.462 e. The van der Waals surface area contributed by atoms with E-state index >= 15 is 0 Å². The third kappa shape index (κ3) is 2.23. The maximum atomic E-state index is 12.1. The maximum Gasteiger partial charge on any atom is 0.276 e. The Bertz CT molecular complexity index is 742. The summed E-state index contributed by atoms with van der Waals surface area (Å²) < 4.78 is 5.25. The van der Waals surface area contributed by atoms with Gasteiger partial charge in [0.1, 0.15) is 5.69 Å². The molecule has 0 bridgehead atoms. The van der Waals surface area contributed by atoms with E-state index in [2.05, 4.69) is 20.5 Å². The molecule has 0 fully saturated rings. The van der Waals surface area contributed by atoms with Gasteiger partial charge in [-0.05, 0) is 26.0 Å². The number of aromatic nitrogens is 3. The van der Waals surface area contributed by atoms with Gasteiger partial charge in [-0.15, -0.1) is 11.3 Å². The molecule has 0 saturated heterocycles. The number of H-pyrrole nitrogens is 1. The summed E-state index contributed by atoms with van der Waals surface area (Å²) in [5.74, 6) is 0.898. The van der Waals surface area contributed by atoms with E-state index in [9.17, 15) is 4.79 Å². The summed E-state index contributed by atoms with van der Waals surface area (Å²) in [5.41, 5.74) is 2.19. The zero-order valence-electron chi connectivity index (χ0n) is 10.9. The average molecular weight is 288 g/mol. The van der Waals surface area contributed by atoms with Crippen LogP contribution in [0.4, 0.5) is 5.82 Å². The molecule has 0 aliphatic heterocycles. The van der Waals surface area contributed by atoms with E-state index in [-0.39, 0.29) is 5.91 Å². The van der Waals surface area contributed by atoms with Crippen LogP contribution in [0, 0.1) is 13.8 Å². The molecule has 3 heterocycles. The zero-order valence-corrected chi connectivity index (χ0v) is 11.7. The first-order valence-electron chi connectivity index (χ1n) is 5.97. The first kappa shape index (κ1) is 12.6. The van der Waals surface area contributed by atoms with Gasteiger partial charge in [0.2, 0.25) is 0 Å². The molecule has 7 heteroatoms. The predicted molar refractivity (Wildman–Crippen MR) is 75.8 cm³/mol. The van der Waals surface area contributed by atoms with Crippen molar-refractivity contribution < 1.29 is 9.21 Å². The number of hydrogen-bond donors (Lipinski definition) is 2. The lowest BCUT2D eigenvalue weighted by atomic mass is 10.3. The standard InChI is InChI=1S/C13H12N4O2S/c1-7-8(2)16-17-11(7)15-12(18)9-6-20-13(14-9)10-4-3-5-19-10/h3-6H,1-2H3,(H2,15,16,17,18). The Kier molecular flexibility index (Phi) is 3.11. The minimum absolute atomic E-state index is 0.284. The summed E-state index contributed by atoms with van der Waals surface area (Å²) in [4.78, 5) is 16.4. The van der Waals surface area contributed by atoms with E-state index in [4.69, 9.17) is 4.42 Å². The fourth-order valence-corrected chi connectivity index (χ4v) is 2.44. The highest BCUT2D eigenvalue weighted by atomic mass is 32.1. The number of nitrogens with zero attached hydrogens (tertiary/aromatic N) is 2. The molecule has 3 aromatic heterocycles. The maximum absolute atomic E-state index is 12.1. The Labute approximate surface area is 118 Å². The first-order valence-corrected chi connectivity index (χ1v) is 6.85. The van der Waals surface area contributed by atoms with Gasteiger partial charge in [0.25, 0.3) is 5.91 Å². The van der Waals surface area contributed by atoms with Gasteiger partial charge in [0.15, 0.2) is 16.6 Å². The first-order chi connectivity index (χ1) is 9.65. The van der Waals surface area contributed by atoms with Crippen molar-refractivity contribution in [2.75, 3.05) is 5.32 Å². The highest BCUT2D eigenvalue weighted by Crippen LogP contribution is 2.24. The van der Waals surface area contributed by atoms with E-state index in [0.717, 1.165) is 11.3 Å². The fraction of sp³-hybridized carbons (Fsp3) is 0.154. The molecular formula is C13H12N4O2S. The van der Waals surface area contributed by atoms with Crippen LogP contribution >= 0.6 is 11.3 Å². The van der Waals surface area contributed by atoms with Gasteiger partial charge in [0, 0.05) is 16.6 Å². The molecule has 3 aromatic rings. The minimum atomic E-state index is -0.284. The number of carbonyl (C=O) groups is 1. The zero-order chi connectivity index (χ0) is 14.1. The third-order valence-corrected chi connectivity index (χ3v) is 3.81. The lowest BCUT2D eigenvalue weighted by Crippen LogP contribution is -2.13. The predicted octanol–water partition coefficient (Wildman–Crippen LogP) is 3.00. The molecule has 2 N–H and O–H groups in total. The van der Waals surface area contributed by atoms with Gasteiger partial charge >= 0.3 is 0 Å². The summed E-state index contributed by atoms with van der Waals surface area (Å²) in [7, 11) is 0. The second-order valence-corrected chi connectivity index (χ2v) is 5.15. The van der Waals surface area contributed by atoms with Crippen molar-refractivity contribution >= 4 is 23.1 Å². The second kappa shape index (κ2) is 4.93. The molecule has 1 amide bonds. The molecular weight excluding hydrogens is 276 g/mol. The van der Waals surface area contributed by atoms with Crippen LogP contribution in [0.25, 0.3) is 10.8 Å². The SMILES string of the molecule is Cc1[nH]nc(NC(=O)c2csc(-c3ccco3)n2)c1C. The number of rotatable bonds is 3. The molecule has 0 unspecified atom stereocenters. The normalized spacial score (nSPS) is 10.7. The summed E-state index contributed by atoms with van der Waals surface area (Å²) in [6, 6.07) is 3.59. The van der Waals surface area contributed by atoms with Gasteiger partial charge in [-0.25, -0.2) is 4.98 Å². The second-order valence-electron chi connectivity index (χ2n) is 4.29. The molecule has 0 aliphatic rings. The van der Waals surface area contributed by atoms with Crippen molar-refractivity contribution in [2.45, 2.75) is 13.8 Å². The van der Waals surface area contributed by atoms with Crippen LogP contribution in [0.15, 0.2) is 28.2 Å². The van der Waals surface area contributed by atoms with Crippen LogP contribution in [-0.2, 0) is 0 Å². The van der Waals surface area contributed by atoms with Crippen LogP contribution in [-0.4, -0.2) is 21.1 Å². The monoisotopic (exact) mass is 288 g/mol. The summed E-state index contributed by atoms with van der Waals surface area (Å²) in [5, 5.41) is 12.0. The fourth-order valence-electron chi connectivity index (χ4n) is 1.67. The van der Waals surface area contributed by atoms with E-state index in [1.54, 1.807) is 17.7 Å². The Morgan fingerprint density at radius 2 is 2.30 bits per heavy atom. The average Bonchev–Trinajstić information content (AvgIpc) is 3.14. The quantitative estimate of drug-likeness (QED) is 0.776. The molecule has 0 saturated carbocycles. The van der Waals surface area contributed by atoms with Crippen LogP contribution in [0.1, 0.15) is 21.7 Å².